The van der Waals surface area contributed by atoms with E-state index in [0.717, 1.165) is 6.20 Å². The van der Waals surface area contributed by atoms with Crippen LogP contribution in [0.2, 0.25) is 5.15 Å². The number of nitrogens with zero attached hydrogens (tertiary/aromatic N) is 1. The zero-order valence-corrected chi connectivity index (χ0v) is 10.7. The number of primary amides is 2. The Kier molecular flexibility index (Phi) is 11.2. The second kappa shape index (κ2) is 11.0. The molecule has 9 nitrogen and oxygen atoms in total. The van der Waals surface area contributed by atoms with E-state index >= 15 is 0 Å². The van der Waals surface area contributed by atoms with Crippen LogP contribution in [-0.4, -0.2) is 29.1 Å². The van der Waals surface area contributed by atoms with Crippen LogP contribution in [0.4, 0.5) is 4.79 Å². The van der Waals surface area contributed by atoms with E-state index in [-0.39, 0.29) is 17.3 Å². The number of carbonyl (C=O) groups excluding carboxylic acids is 2. The zero-order chi connectivity index (χ0) is 15.4. The van der Waals surface area contributed by atoms with Gasteiger partial charge in [0.1, 0.15) is 5.56 Å². The molecule has 1 heterocycles. The smallest absolute Gasteiger partial charge is 0.344 e. The van der Waals surface area contributed by atoms with Crippen LogP contribution in [0.3, 0.4) is 0 Å². The van der Waals surface area contributed by atoms with Crippen molar-refractivity contribution in [1.82, 2.24) is 0 Å². The van der Waals surface area contributed by atoms with Gasteiger partial charge in [0.05, 0.1) is 6.61 Å². The van der Waals surface area contributed by atoms with Gasteiger partial charge in [-0.3, -0.25) is 10.5 Å². The molecule has 0 aliphatic rings. The molecule has 2 amide bonds. The Balaban J connectivity index is 0. The number of carbonyl (C=O) groups is 2. The van der Waals surface area contributed by atoms with E-state index in [1.807, 2.05) is 0 Å². The normalized spacial score (nSPS) is 8.21. The third-order valence-corrected chi connectivity index (χ3v) is 1.67. The average Bonchev–Trinajstić information content (AvgIpc) is 2.35. The van der Waals surface area contributed by atoms with Gasteiger partial charge in [0, 0.05) is 6.07 Å². The molecule has 10 heteroatoms. The van der Waals surface area contributed by atoms with Crippen molar-refractivity contribution in [3.8, 4) is 0 Å². The Bertz CT molecular complexity index is 411. The lowest BCUT2D eigenvalue weighted by Crippen LogP contribution is -2.28. The highest BCUT2D eigenvalue weighted by Gasteiger charge is 2.11. The average molecular weight is 296 g/mol. The van der Waals surface area contributed by atoms with Gasteiger partial charge in [0.15, 0.2) is 6.20 Å². The van der Waals surface area contributed by atoms with Crippen molar-refractivity contribution in [2.45, 2.75) is 6.92 Å². The monoisotopic (exact) mass is 295 g/mol. The Morgan fingerprint density at radius 3 is 2.26 bits per heavy atom. The van der Waals surface area contributed by atoms with Crippen LogP contribution in [0, 0.1) is 5.21 Å². The molecule has 0 fully saturated rings. The number of rotatable bonds is 2. The molecule has 0 radical (unpaired) electrons. The van der Waals surface area contributed by atoms with Gasteiger partial charge in [-0.15, -0.1) is 0 Å². The molecule has 0 aromatic carbocycles. The van der Waals surface area contributed by atoms with Crippen LogP contribution >= 0.6 is 11.6 Å². The lowest BCUT2D eigenvalue weighted by atomic mass is 10.3. The summed E-state index contributed by atoms with van der Waals surface area (Å²) in [5, 5.41) is 22.9. The first-order chi connectivity index (χ1) is 8.88. The van der Waals surface area contributed by atoms with Gasteiger partial charge in [-0.05, 0) is 24.6 Å². The number of urea groups is 1. The number of esters is 1. The quantitative estimate of drug-likeness (QED) is 0.152. The number of hydrogen-bond donors (Lipinski definition) is 4. The maximum Gasteiger partial charge on any atom is 0.344 e. The number of hydrogen-bond acceptors (Lipinski definition) is 6. The minimum Gasteiger partial charge on any atom is -0.618 e. The SMILES string of the molecule is CCOC(=O)c1ccc(Cl)[n+]([O-])c1.NC(N)=O.OO. The molecule has 1 aromatic heterocycles. The van der Waals surface area contributed by atoms with Crippen molar-refractivity contribution in [1.29, 1.82) is 0 Å². The van der Waals surface area contributed by atoms with Crippen molar-refractivity contribution < 1.29 is 29.6 Å². The molecule has 0 aliphatic heterocycles. The molecule has 19 heavy (non-hydrogen) atoms. The van der Waals surface area contributed by atoms with Crippen molar-refractivity contribution in [2.24, 2.45) is 11.5 Å². The van der Waals surface area contributed by atoms with Gasteiger partial charge in [-0.2, -0.15) is 4.73 Å². The second-order valence-electron chi connectivity index (χ2n) is 2.69. The molecule has 0 saturated carbocycles. The maximum atomic E-state index is 11.1. The number of halogens is 1. The minimum absolute atomic E-state index is 0.0213. The summed E-state index contributed by atoms with van der Waals surface area (Å²) in [6, 6.07) is 1.95. The largest absolute Gasteiger partial charge is 0.618 e. The maximum absolute atomic E-state index is 11.1. The summed E-state index contributed by atoms with van der Waals surface area (Å²) in [4.78, 5) is 20.1. The van der Waals surface area contributed by atoms with E-state index in [9.17, 15) is 10.0 Å². The fourth-order valence-corrected chi connectivity index (χ4v) is 0.910. The first kappa shape index (κ1) is 19.2. The lowest BCUT2D eigenvalue weighted by Gasteiger charge is -2.02. The number of aromatic nitrogens is 1. The van der Waals surface area contributed by atoms with Crippen LogP contribution in [0.1, 0.15) is 17.3 Å². The van der Waals surface area contributed by atoms with E-state index in [4.69, 9.17) is 26.9 Å². The third-order valence-electron chi connectivity index (χ3n) is 1.38. The molecule has 0 unspecified atom stereocenters. The third kappa shape index (κ3) is 9.59. The molecule has 1 rings (SSSR count). The van der Waals surface area contributed by atoms with Crippen molar-refractivity contribution in [2.75, 3.05) is 6.61 Å². The highest BCUT2D eigenvalue weighted by Crippen LogP contribution is 2.04. The predicted octanol–water partition coefficient (Wildman–Crippen LogP) is 0.191. The molecular formula is C9H14ClN3O6. The first-order valence-electron chi connectivity index (χ1n) is 4.69. The van der Waals surface area contributed by atoms with Gasteiger partial charge >= 0.3 is 12.0 Å². The topological polar surface area (TPSA) is 163 Å². The van der Waals surface area contributed by atoms with E-state index in [2.05, 4.69) is 16.2 Å². The molecule has 0 spiro atoms. The Labute approximate surface area is 113 Å². The van der Waals surface area contributed by atoms with E-state index in [1.165, 1.54) is 12.1 Å². The summed E-state index contributed by atoms with van der Waals surface area (Å²) in [6.07, 6.45) is 1.08. The fraction of sp³-hybridized carbons (Fsp3) is 0.222. The summed E-state index contributed by atoms with van der Waals surface area (Å²) in [7, 11) is 0. The van der Waals surface area contributed by atoms with Gasteiger partial charge in [0.25, 0.3) is 5.15 Å². The standard InChI is InChI=1S/C8H8ClNO3.CH4N2O.H2O2/c1-2-13-8(11)6-3-4-7(9)10(12)5-6;2-1(3)4;1-2/h3-5H,2H2,1H3;(H4,2,3,4);1-2H. The van der Waals surface area contributed by atoms with Crippen molar-refractivity contribution >= 4 is 23.6 Å². The second-order valence-corrected chi connectivity index (χ2v) is 3.08. The first-order valence-corrected chi connectivity index (χ1v) is 5.07. The molecule has 1 aromatic rings. The number of nitrogens with two attached hydrogens (primary N) is 2. The zero-order valence-electron chi connectivity index (χ0n) is 9.95. The molecular weight excluding hydrogens is 282 g/mol. The highest BCUT2D eigenvalue weighted by atomic mass is 35.5. The summed E-state index contributed by atoms with van der Waals surface area (Å²) >= 11 is 5.46. The highest BCUT2D eigenvalue weighted by molar-refractivity contribution is 6.28. The van der Waals surface area contributed by atoms with Gasteiger partial charge < -0.3 is 21.4 Å². The van der Waals surface area contributed by atoms with Crippen LogP contribution in [-0.2, 0) is 4.74 Å². The van der Waals surface area contributed by atoms with Gasteiger partial charge in [-0.1, -0.05) is 0 Å². The number of ether oxygens (including phenoxy) is 1. The summed E-state index contributed by atoms with van der Waals surface area (Å²) < 4.78 is 5.10. The lowest BCUT2D eigenvalue weighted by molar-refractivity contribution is -0.603. The molecule has 0 atom stereocenters. The van der Waals surface area contributed by atoms with Crippen molar-refractivity contribution in [3.63, 3.8) is 0 Å². The number of amides is 2. The Morgan fingerprint density at radius 1 is 1.42 bits per heavy atom. The molecule has 0 bridgehead atoms. The van der Waals surface area contributed by atoms with Crippen LogP contribution in [0.15, 0.2) is 18.3 Å². The van der Waals surface area contributed by atoms with Crippen LogP contribution < -0.4 is 16.2 Å². The number of pyridine rings is 1. The Hall–Kier alpha value is -2.10. The molecule has 6 N–H and O–H groups in total. The minimum atomic E-state index is -0.833. The fourth-order valence-electron chi connectivity index (χ4n) is 0.798. The van der Waals surface area contributed by atoms with Gasteiger partial charge in [-0.25, -0.2) is 9.59 Å². The Morgan fingerprint density at radius 2 is 1.89 bits per heavy atom. The van der Waals surface area contributed by atoms with E-state index < -0.39 is 12.0 Å². The van der Waals surface area contributed by atoms with Crippen molar-refractivity contribution in [3.05, 3.63) is 34.3 Å². The summed E-state index contributed by atoms with van der Waals surface area (Å²) in [5.41, 5.74) is 8.70. The van der Waals surface area contributed by atoms with Crippen LogP contribution in [0.5, 0.6) is 0 Å². The predicted molar refractivity (Wildman–Crippen MR) is 65.4 cm³/mol. The summed E-state index contributed by atoms with van der Waals surface area (Å²) in [6.45, 7) is 1.97. The molecule has 0 saturated heterocycles. The molecule has 108 valence electrons. The summed E-state index contributed by atoms with van der Waals surface area (Å²) in [5.74, 6) is -0.524. The molecule has 0 aliphatic carbocycles. The van der Waals surface area contributed by atoms with Gasteiger partial charge in [0.2, 0.25) is 0 Å². The van der Waals surface area contributed by atoms with E-state index in [0.29, 0.717) is 4.73 Å². The van der Waals surface area contributed by atoms with E-state index in [1.54, 1.807) is 6.92 Å². The van der Waals surface area contributed by atoms with Crippen LogP contribution in [0.25, 0.3) is 0 Å².